The number of ether oxygens (including phenoxy) is 2. The molecule has 34 heavy (non-hydrogen) atoms. The van der Waals surface area contributed by atoms with E-state index in [4.69, 9.17) is 9.47 Å². The zero-order valence-electron chi connectivity index (χ0n) is 18.5. The van der Waals surface area contributed by atoms with E-state index in [1.165, 1.54) is 17.9 Å². The standard InChI is InChI=1S/C28H23NO5/c1-20(30)29(27-10-6-5-9-26(27)28(31)32)22-11-13-24(14-12-22)34-25-17-15-23(16-18-25)33-19-21-7-3-2-4-8-21/h2-18H,19H2,1H3,(H,31,32). The van der Waals surface area contributed by atoms with Gasteiger partial charge >= 0.3 is 5.97 Å². The van der Waals surface area contributed by atoms with E-state index in [1.54, 1.807) is 42.5 Å². The van der Waals surface area contributed by atoms with E-state index >= 15 is 0 Å². The average Bonchev–Trinajstić information content (AvgIpc) is 2.85. The van der Waals surface area contributed by atoms with Crippen molar-refractivity contribution in [1.82, 2.24) is 0 Å². The summed E-state index contributed by atoms with van der Waals surface area (Å²) in [5.41, 5.74) is 1.99. The molecule has 0 fully saturated rings. The highest BCUT2D eigenvalue weighted by molar-refractivity contribution is 6.05. The molecule has 0 saturated carbocycles. The van der Waals surface area contributed by atoms with Gasteiger partial charge in [-0.2, -0.15) is 0 Å². The topological polar surface area (TPSA) is 76.1 Å². The maximum absolute atomic E-state index is 12.4. The van der Waals surface area contributed by atoms with E-state index in [0.717, 1.165) is 11.3 Å². The Morgan fingerprint density at radius 2 is 1.29 bits per heavy atom. The molecular weight excluding hydrogens is 430 g/mol. The van der Waals surface area contributed by atoms with Crippen molar-refractivity contribution in [3.05, 3.63) is 114 Å². The fraction of sp³-hybridized carbons (Fsp3) is 0.0714. The molecular formula is C28H23NO5. The minimum Gasteiger partial charge on any atom is -0.489 e. The van der Waals surface area contributed by atoms with E-state index in [0.29, 0.717) is 29.5 Å². The lowest BCUT2D eigenvalue weighted by molar-refractivity contribution is -0.115. The smallest absolute Gasteiger partial charge is 0.337 e. The number of carboxylic acids is 1. The third kappa shape index (κ3) is 5.42. The molecule has 4 aromatic rings. The molecule has 170 valence electrons. The third-order valence-corrected chi connectivity index (χ3v) is 5.09. The Bertz CT molecular complexity index is 1270. The molecule has 0 saturated heterocycles. The number of carbonyl (C=O) groups is 2. The predicted octanol–water partition coefficient (Wildman–Crippen LogP) is 6.44. The maximum atomic E-state index is 12.4. The van der Waals surface area contributed by atoms with Gasteiger partial charge in [0.05, 0.1) is 11.3 Å². The largest absolute Gasteiger partial charge is 0.489 e. The Balaban J connectivity index is 1.45. The zero-order valence-corrected chi connectivity index (χ0v) is 18.5. The van der Waals surface area contributed by atoms with Crippen LogP contribution in [-0.4, -0.2) is 17.0 Å². The zero-order chi connectivity index (χ0) is 23.9. The lowest BCUT2D eigenvalue weighted by Gasteiger charge is -2.23. The first-order valence-corrected chi connectivity index (χ1v) is 10.7. The summed E-state index contributed by atoms with van der Waals surface area (Å²) in [6.07, 6.45) is 0. The van der Waals surface area contributed by atoms with Gasteiger partial charge in [0, 0.05) is 12.6 Å². The number of amides is 1. The number of para-hydroxylation sites is 1. The summed E-state index contributed by atoms with van der Waals surface area (Å²) in [5, 5.41) is 9.50. The molecule has 0 atom stereocenters. The van der Waals surface area contributed by atoms with Crippen molar-refractivity contribution in [3.8, 4) is 17.2 Å². The van der Waals surface area contributed by atoms with Crippen LogP contribution < -0.4 is 14.4 Å². The van der Waals surface area contributed by atoms with E-state index in [2.05, 4.69) is 0 Å². The first-order valence-electron chi connectivity index (χ1n) is 10.7. The fourth-order valence-electron chi connectivity index (χ4n) is 3.48. The summed E-state index contributed by atoms with van der Waals surface area (Å²) in [4.78, 5) is 25.3. The Hall–Kier alpha value is -4.58. The van der Waals surface area contributed by atoms with Gasteiger partial charge in [0.25, 0.3) is 0 Å². The minimum atomic E-state index is -1.10. The number of carboxylic acid groups (broad SMARTS) is 1. The van der Waals surface area contributed by atoms with Crippen molar-refractivity contribution in [1.29, 1.82) is 0 Å². The Kier molecular flexibility index (Phi) is 6.89. The number of hydrogen-bond donors (Lipinski definition) is 1. The van der Waals surface area contributed by atoms with Gasteiger partial charge in [-0.05, 0) is 66.2 Å². The number of aromatic carboxylic acids is 1. The molecule has 6 nitrogen and oxygen atoms in total. The van der Waals surface area contributed by atoms with Crippen molar-refractivity contribution < 1.29 is 24.2 Å². The summed E-state index contributed by atoms with van der Waals surface area (Å²) < 4.78 is 11.7. The first-order chi connectivity index (χ1) is 16.5. The lowest BCUT2D eigenvalue weighted by atomic mass is 10.1. The van der Waals surface area contributed by atoms with Crippen LogP contribution in [0.3, 0.4) is 0 Å². The Morgan fingerprint density at radius 3 is 1.91 bits per heavy atom. The van der Waals surface area contributed by atoms with Crippen LogP contribution in [0.15, 0.2) is 103 Å². The highest BCUT2D eigenvalue weighted by Gasteiger charge is 2.20. The summed E-state index contributed by atoms with van der Waals surface area (Å²) >= 11 is 0. The van der Waals surface area contributed by atoms with Gasteiger partial charge in [0.2, 0.25) is 5.91 Å². The van der Waals surface area contributed by atoms with E-state index in [9.17, 15) is 14.7 Å². The number of anilines is 2. The molecule has 0 spiro atoms. The van der Waals surface area contributed by atoms with Crippen LogP contribution in [0.5, 0.6) is 17.2 Å². The molecule has 0 aliphatic rings. The van der Waals surface area contributed by atoms with Gasteiger partial charge in [-0.1, -0.05) is 42.5 Å². The second-order valence-electron chi connectivity index (χ2n) is 7.52. The van der Waals surface area contributed by atoms with Gasteiger partial charge < -0.3 is 14.6 Å². The van der Waals surface area contributed by atoms with Gasteiger partial charge in [-0.15, -0.1) is 0 Å². The van der Waals surface area contributed by atoms with Crippen molar-refractivity contribution in [3.63, 3.8) is 0 Å². The van der Waals surface area contributed by atoms with Crippen LogP contribution in [-0.2, 0) is 11.4 Å². The van der Waals surface area contributed by atoms with Gasteiger partial charge in [-0.25, -0.2) is 4.79 Å². The van der Waals surface area contributed by atoms with Crippen LogP contribution in [0.1, 0.15) is 22.8 Å². The van der Waals surface area contributed by atoms with Crippen LogP contribution in [0.4, 0.5) is 11.4 Å². The molecule has 0 heterocycles. The quantitative estimate of drug-likeness (QED) is 0.332. The molecule has 6 heteroatoms. The van der Waals surface area contributed by atoms with E-state index in [1.807, 2.05) is 54.6 Å². The number of hydrogen-bond acceptors (Lipinski definition) is 4. The summed E-state index contributed by atoms with van der Waals surface area (Å²) in [6.45, 7) is 1.88. The molecule has 0 aliphatic heterocycles. The third-order valence-electron chi connectivity index (χ3n) is 5.09. The van der Waals surface area contributed by atoms with Crippen molar-refractivity contribution in [2.75, 3.05) is 4.90 Å². The molecule has 4 aromatic carbocycles. The molecule has 1 amide bonds. The fourth-order valence-corrected chi connectivity index (χ4v) is 3.48. The molecule has 0 radical (unpaired) electrons. The molecule has 0 unspecified atom stereocenters. The van der Waals surface area contributed by atoms with Crippen molar-refractivity contribution >= 4 is 23.3 Å². The van der Waals surface area contributed by atoms with E-state index < -0.39 is 5.97 Å². The summed E-state index contributed by atoms with van der Waals surface area (Å²) in [5.74, 6) is 0.559. The number of nitrogens with zero attached hydrogens (tertiary/aromatic N) is 1. The van der Waals surface area contributed by atoms with Crippen LogP contribution in [0.2, 0.25) is 0 Å². The van der Waals surface area contributed by atoms with Gasteiger partial charge in [-0.3, -0.25) is 9.69 Å². The normalized spacial score (nSPS) is 10.4. The predicted molar refractivity (Wildman–Crippen MR) is 130 cm³/mol. The van der Waals surface area contributed by atoms with Crippen LogP contribution in [0.25, 0.3) is 0 Å². The first kappa shape index (κ1) is 22.6. The monoisotopic (exact) mass is 453 g/mol. The summed E-state index contributed by atoms with van der Waals surface area (Å²) in [6, 6.07) is 30.5. The Morgan fingerprint density at radius 1 is 0.735 bits per heavy atom. The molecule has 0 aromatic heterocycles. The SMILES string of the molecule is CC(=O)N(c1ccc(Oc2ccc(OCc3ccccc3)cc2)cc1)c1ccccc1C(=O)O. The van der Waals surface area contributed by atoms with Crippen molar-refractivity contribution in [2.24, 2.45) is 0 Å². The second kappa shape index (κ2) is 10.4. The van der Waals surface area contributed by atoms with Gasteiger partial charge in [0.1, 0.15) is 23.9 Å². The maximum Gasteiger partial charge on any atom is 0.337 e. The average molecular weight is 453 g/mol. The lowest BCUT2D eigenvalue weighted by Crippen LogP contribution is -2.24. The minimum absolute atomic E-state index is 0.0487. The molecule has 0 bridgehead atoms. The number of rotatable bonds is 8. The second-order valence-corrected chi connectivity index (χ2v) is 7.52. The van der Waals surface area contributed by atoms with Gasteiger partial charge in [0.15, 0.2) is 0 Å². The van der Waals surface area contributed by atoms with Crippen LogP contribution in [0, 0.1) is 0 Å². The Labute approximate surface area is 197 Å². The number of carbonyl (C=O) groups excluding carboxylic acids is 1. The molecule has 4 rings (SSSR count). The molecule has 1 N–H and O–H groups in total. The highest BCUT2D eigenvalue weighted by Crippen LogP contribution is 2.32. The van der Waals surface area contributed by atoms with Crippen molar-refractivity contribution in [2.45, 2.75) is 13.5 Å². The van der Waals surface area contributed by atoms with E-state index in [-0.39, 0.29) is 11.5 Å². The van der Waals surface area contributed by atoms with Crippen LogP contribution >= 0.6 is 0 Å². The molecule has 0 aliphatic carbocycles. The highest BCUT2D eigenvalue weighted by atomic mass is 16.5. The number of benzene rings is 4. The summed E-state index contributed by atoms with van der Waals surface area (Å²) in [7, 11) is 0.